The molecule has 0 bridgehead atoms. The van der Waals surface area contributed by atoms with E-state index in [1.54, 1.807) is 17.5 Å². The molecule has 2 atom stereocenters. The molecule has 1 amide bonds. The summed E-state index contributed by atoms with van der Waals surface area (Å²) in [6, 6.07) is 5.83. The monoisotopic (exact) mass is 369 g/mol. The molecule has 0 spiro atoms. The number of aryl methyl sites for hydroxylation is 2. The Balaban J connectivity index is 1.69. The fourth-order valence-corrected chi connectivity index (χ4v) is 3.72. The van der Waals surface area contributed by atoms with Crippen molar-refractivity contribution in [1.82, 2.24) is 25.1 Å². The second kappa shape index (κ2) is 8.23. The number of aromatic nitrogens is 4. The maximum atomic E-state index is 12.7. The van der Waals surface area contributed by atoms with E-state index in [1.165, 1.54) is 5.56 Å². The fourth-order valence-electron chi connectivity index (χ4n) is 3.04. The van der Waals surface area contributed by atoms with Gasteiger partial charge in [0, 0.05) is 18.8 Å². The number of rotatable bonds is 7. The summed E-state index contributed by atoms with van der Waals surface area (Å²) in [5, 5.41) is 11.7. The minimum absolute atomic E-state index is 0.00543. The first-order valence-electron chi connectivity index (χ1n) is 8.63. The van der Waals surface area contributed by atoms with Crippen molar-refractivity contribution >= 4 is 17.2 Å². The van der Waals surface area contributed by atoms with E-state index < -0.39 is 0 Å². The predicted molar refractivity (Wildman–Crippen MR) is 102 cm³/mol. The van der Waals surface area contributed by atoms with Gasteiger partial charge in [-0.3, -0.25) is 9.78 Å². The van der Waals surface area contributed by atoms with Gasteiger partial charge in [0.05, 0.1) is 12.1 Å². The van der Waals surface area contributed by atoms with E-state index in [-0.39, 0.29) is 18.0 Å². The molecule has 3 aromatic heterocycles. The van der Waals surface area contributed by atoms with E-state index in [9.17, 15) is 4.79 Å². The number of carbonyl (C=O) groups excluding carboxylic acids is 1. The SMILES string of the molecule is Cc1nc(C)n([C@@H](C)CC(=O)N[C@H](Cc2ccsc2)c2cccnc2)n1. The molecule has 6 nitrogen and oxygen atoms in total. The molecule has 3 aromatic rings. The van der Waals surface area contributed by atoms with Crippen molar-refractivity contribution in [2.75, 3.05) is 0 Å². The normalized spacial score (nSPS) is 13.3. The van der Waals surface area contributed by atoms with Crippen LogP contribution in [0.4, 0.5) is 0 Å². The van der Waals surface area contributed by atoms with Gasteiger partial charge in [0.2, 0.25) is 5.91 Å². The molecular formula is C19H23N5OS. The van der Waals surface area contributed by atoms with Crippen LogP contribution in [0.2, 0.25) is 0 Å². The Morgan fingerprint density at radius 3 is 2.81 bits per heavy atom. The molecule has 0 radical (unpaired) electrons. The van der Waals surface area contributed by atoms with Crippen molar-refractivity contribution in [3.8, 4) is 0 Å². The lowest BCUT2D eigenvalue weighted by Crippen LogP contribution is -2.31. The molecule has 0 aliphatic heterocycles. The molecule has 7 heteroatoms. The van der Waals surface area contributed by atoms with Crippen LogP contribution in [0.3, 0.4) is 0 Å². The Hall–Kier alpha value is -2.54. The Labute approximate surface area is 157 Å². The van der Waals surface area contributed by atoms with Gasteiger partial charge in [-0.05, 0) is 61.2 Å². The average molecular weight is 369 g/mol. The van der Waals surface area contributed by atoms with Gasteiger partial charge in [0.1, 0.15) is 11.6 Å². The van der Waals surface area contributed by atoms with E-state index in [0.29, 0.717) is 6.42 Å². The van der Waals surface area contributed by atoms with Crippen LogP contribution in [0.5, 0.6) is 0 Å². The third kappa shape index (κ3) is 4.54. The number of carbonyl (C=O) groups is 1. The predicted octanol–water partition coefficient (Wildman–Crippen LogP) is 3.40. The van der Waals surface area contributed by atoms with Crippen LogP contribution in [0.1, 0.15) is 48.2 Å². The zero-order valence-corrected chi connectivity index (χ0v) is 16.0. The van der Waals surface area contributed by atoms with Crippen LogP contribution in [0.25, 0.3) is 0 Å². The van der Waals surface area contributed by atoms with Gasteiger partial charge in [0.25, 0.3) is 0 Å². The van der Waals surface area contributed by atoms with Gasteiger partial charge in [0.15, 0.2) is 0 Å². The highest BCUT2D eigenvalue weighted by Gasteiger charge is 2.19. The summed E-state index contributed by atoms with van der Waals surface area (Å²) in [6.07, 6.45) is 4.65. The number of hydrogen-bond acceptors (Lipinski definition) is 5. The number of nitrogens with one attached hydrogen (secondary N) is 1. The molecule has 136 valence electrons. The summed E-state index contributed by atoms with van der Waals surface area (Å²) >= 11 is 1.66. The second-order valence-electron chi connectivity index (χ2n) is 6.45. The highest BCUT2D eigenvalue weighted by atomic mass is 32.1. The van der Waals surface area contributed by atoms with E-state index in [1.807, 2.05) is 43.8 Å². The lowest BCUT2D eigenvalue weighted by molar-refractivity contribution is -0.122. The van der Waals surface area contributed by atoms with Crippen LogP contribution in [0.15, 0.2) is 41.4 Å². The fraction of sp³-hybridized carbons (Fsp3) is 0.368. The molecule has 3 heterocycles. The molecule has 3 rings (SSSR count). The summed E-state index contributed by atoms with van der Waals surface area (Å²) in [7, 11) is 0. The van der Waals surface area contributed by atoms with Gasteiger partial charge < -0.3 is 5.32 Å². The first-order chi connectivity index (χ1) is 12.5. The first-order valence-corrected chi connectivity index (χ1v) is 9.57. The molecule has 0 saturated carbocycles. The summed E-state index contributed by atoms with van der Waals surface area (Å²) in [4.78, 5) is 21.2. The van der Waals surface area contributed by atoms with Gasteiger partial charge in [-0.2, -0.15) is 16.4 Å². The largest absolute Gasteiger partial charge is 0.349 e. The quantitative estimate of drug-likeness (QED) is 0.693. The smallest absolute Gasteiger partial charge is 0.222 e. The molecule has 26 heavy (non-hydrogen) atoms. The summed E-state index contributed by atoms with van der Waals surface area (Å²) < 4.78 is 1.81. The van der Waals surface area contributed by atoms with Crippen LogP contribution in [0, 0.1) is 13.8 Å². The maximum absolute atomic E-state index is 12.7. The third-order valence-electron chi connectivity index (χ3n) is 4.25. The molecule has 1 N–H and O–H groups in total. The number of nitrogens with zero attached hydrogens (tertiary/aromatic N) is 4. The van der Waals surface area contributed by atoms with E-state index in [2.05, 4.69) is 37.2 Å². The summed E-state index contributed by atoms with van der Waals surface area (Å²) in [6.45, 7) is 5.75. The summed E-state index contributed by atoms with van der Waals surface area (Å²) in [5.74, 6) is 1.54. The van der Waals surface area contributed by atoms with E-state index in [4.69, 9.17) is 0 Å². The lowest BCUT2D eigenvalue weighted by atomic mass is 10.0. The van der Waals surface area contributed by atoms with Gasteiger partial charge in [-0.25, -0.2) is 9.67 Å². The van der Waals surface area contributed by atoms with E-state index >= 15 is 0 Å². The number of amides is 1. The van der Waals surface area contributed by atoms with Gasteiger partial charge in [-0.1, -0.05) is 6.07 Å². The number of thiophene rings is 1. The minimum atomic E-state index is -0.100. The molecule has 0 aromatic carbocycles. The van der Waals surface area contributed by atoms with Crippen molar-refractivity contribution in [2.45, 2.75) is 45.7 Å². The summed E-state index contributed by atoms with van der Waals surface area (Å²) in [5.41, 5.74) is 2.22. The molecule has 0 aliphatic carbocycles. The zero-order chi connectivity index (χ0) is 18.5. The molecular weight excluding hydrogens is 346 g/mol. The van der Waals surface area contributed by atoms with Crippen LogP contribution < -0.4 is 5.32 Å². The van der Waals surface area contributed by atoms with Crippen LogP contribution in [-0.4, -0.2) is 25.7 Å². The van der Waals surface area contributed by atoms with Gasteiger partial charge >= 0.3 is 0 Å². The number of hydrogen-bond donors (Lipinski definition) is 1. The van der Waals surface area contributed by atoms with Crippen molar-refractivity contribution in [3.63, 3.8) is 0 Å². The topological polar surface area (TPSA) is 72.7 Å². The maximum Gasteiger partial charge on any atom is 0.222 e. The van der Waals surface area contributed by atoms with Crippen LogP contribution in [-0.2, 0) is 11.2 Å². The van der Waals surface area contributed by atoms with Crippen molar-refractivity contribution in [3.05, 3.63) is 64.1 Å². The average Bonchev–Trinajstić information content (AvgIpc) is 3.24. The molecule has 0 aliphatic rings. The second-order valence-corrected chi connectivity index (χ2v) is 7.23. The minimum Gasteiger partial charge on any atom is -0.349 e. The van der Waals surface area contributed by atoms with Crippen molar-refractivity contribution in [1.29, 1.82) is 0 Å². The molecule has 0 unspecified atom stereocenters. The number of pyridine rings is 1. The Kier molecular flexibility index (Phi) is 5.78. The van der Waals surface area contributed by atoms with Crippen molar-refractivity contribution in [2.24, 2.45) is 0 Å². The highest BCUT2D eigenvalue weighted by Crippen LogP contribution is 2.20. The first kappa shape index (κ1) is 18.3. The van der Waals surface area contributed by atoms with Crippen molar-refractivity contribution < 1.29 is 4.79 Å². The third-order valence-corrected chi connectivity index (χ3v) is 4.98. The standard InChI is InChI=1S/C19H23N5OS/c1-13(24-15(3)21-14(2)23-24)9-19(25)22-18(10-16-6-8-26-12-16)17-5-4-7-20-11-17/h4-8,11-13,18H,9-10H2,1-3H3,(H,22,25)/t13-,18+/m0/s1. The van der Waals surface area contributed by atoms with E-state index in [0.717, 1.165) is 23.6 Å². The lowest BCUT2D eigenvalue weighted by Gasteiger charge is -2.20. The Morgan fingerprint density at radius 1 is 1.35 bits per heavy atom. The Bertz CT molecular complexity index is 844. The van der Waals surface area contributed by atoms with Crippen LogP contribution >= 0.6 is 11.3 Å². The van der Waals surface area contributed by atoms with Gasteiger partial charge in [-0.15, -0.1) is 0 Å². The Morgan fingerprint density at radius 2 is 2.19 bits per heavy atom. The highest BCUT2D eigenvalue weighted by molar-refractivity contribution is 7.07. The molecule has 0 saturated heterocycles. The molecule has 0 fully saturated rings. The zero-order valence-electron chi connectivity index (χ0n) is 15.2.